The molecule has 7 nitrogen and oxygen atoms in total. The first-order valence-corrected chi connectivity index (χ1v) is 9.93. The lowest BCUT2D eigenvalue weighted by Gasteiger charge is -2.33. The highest BCUT2D eigenvalue weighted by molar-refractivity contribution is 5.87. The van der Waals surface area contributed by atoms with E-state index in [4.69, 9.17) is 9.84 Å². The number of nitrogens with one attached hydrogen (secondary N) is 2. The number of amides is 2. The Morgan fingerprint density at radius 1 is 1.21 bits per heavy atom. The predicted octanol–water partition coefficient (Wildman–Crippen LogP) is 3.32. The highest BCUT2D eigenvalue weighted by Gasteiger charge is 2.33. The van der Waals surface area contributed by atoms with Gasteiger partial charge in [0, 0.05) is 11.3 Å². The van der Waals surface area contributed by atoms with Gasteiger partial charge in [0.15, 0.2) is 6.29 Å². The molecule has 3 rings (SSSR count). The molecule has 2 atom stereocenters. The van der Waals surface area contributed by atoms with Crippen LogP contribution < -0.4 is 10.6 Å². The second-order valence-electron chi connectivity index (χ2n) is 7.44. The van der Waals surface area contributed by atoms with Gasteiger partial charge in [-0.3, -0.25) is 0 Å². The van der Waals surface area contributed by atoms with Gasteiger partial charge >= 0.3 is 12.0 Å². The molecule has 0 saturated heterocycles. The topological polar surface area (TPSA) is 108 Å². The Balaban J connectivity index is 1.81. The van der Waals surface area contributed by atoms with Crippen molar-refractivity contribution in [1.29, 1.82) is 0 Å². The SMILES string of the molecule is CCC1=C(C(O)OCC2CCCCC2)C(c2ccc(C(=O)O)cc2)NC(=O)N1. The summed E-state index contributed by atoms with van der Waals surface area (Å²) in [6.45, 7) is 2.39. The van der Waals surface area contributed by atoms with E-state index in [0.29, 0.717) is 35.8 Å². The minimum atomic E-state index is -1.14. The summed E-state index contributed by atoms with van der Waals surface area (Å²) in [6, 6.07) is 5.36. The zero-order chi connectivity index (χ0) is 20.1. The van der Waals surface area contributed by atoms with E-state index in [1.54, 1.807) is 12.1 Å². The molecular formula is C21H28N2O5. The van der Waals surface area contributed by atoms with E-state index in [9.17, 15) is 14.7 Å². The number of urea groups is 1. The molecule has 1 heterocycles. The monoisotopic (exact) mass is 388 g/mol. The molecule has 1 saturated carbocycles. The summed E-state index contributed by atoms with van der Waals surface area (Å²) in [4.78, 5) is 23.2. The van der Waals surface area contributed by atoms with E-state index >= 15 is 0 Å². The summed E-state index contributed by atoms with van der Waals surface area (Å²) < 4.78 is 5.81. The van der Waals surface area contributed by atoms with E-state index in [-0.39, 0.29) is 11.6 Å². The number of ether oxygens (including phenoxy) is 1. The van der Waals surface area contributed by atoms with E-state index < -0.39 is 18.3 Å². The molecule has 1 aliphatic heterocycles. The number of hydrogen-bond acceptors (Lipinski definition) is 4. The molecule has 1 aromatic carbocycles. The Bertz CT molecular complexity index is 738. The van der Waals surface area contributed by atoms with Crippen LogP contribution in [0.2, 0.25) is 0 Å². The third-order valence-corrected chi connectivity index (χ3v) is 5.52. The highest BCUT2D eigenvalue weighted by Crippen LogP contribution is 2.32. The maximum atomic E-state index is 12.1. The molecule has 0 aromatic heterocycles. The molecule has 0 spiro atoms. The number of aromatic carboxylic acids is 1. The van der Waals surface area contributed by atoms with E-state index in [0.717, 1.165) is 12.8 Å². The molecule has 1 aromatic rings. The summed E-state index contributed by atoms with van der Waals surface area (Å²) in [7, 11) is 0. The molecule has 4 N–H and O–H groups in total. The minimum absolute atomic E-state index is 0.166. The zero-order valence-corrected chi connectivity index (χ0v) is 16.1. The smallest absolute Gasteiger partial charge is 0.335 e. The molecule has 1 fully saturated rings. The quantitative estimate of drug-likeness (QED) is 0.536. The Hall–Kier alpha value is -2.38. The molecule has 0 radical (unpaired) electrons. The van der Waals surface area contributed by atoms with Crippen molar-refractivity contribution in [2.75, 3.05) is 6.61 Å². The van der Waals surface area contributed by atoms with Crippen LogP contribution in [0.1, 0.15) is 67.4 Å². The Labute approximate surface area is 164 Å². The van der Waals surface area contributed by atoms with Crippen LogP contribution in [0, 0.1) is 5.92 Å². The van der Waals surface area contributed by atoms with Gasteiger partial charge in [0.1, 0.15) is 0 Å². The third-order valence-electron chi connectivity index (χ3n) is 5.52. The molecule has 152 valence electrons. The second kappa shape index (κ2) is 9.21. The van der Waals surface area contributed by atoms with Crippen molar-refractivity contribution in [3.05, 3.63) is 46.7 Å². The fourth-order valence-corrected chi connectivity index (χ4v) is 3.96. The highest BCUT2D eigenvalue weighted by atomic mass is 16.6. The van der Waals surface area contributed by atoms with Crippen molar-refractivity contribution in [3.8, 4) is 0 Å². The van der Waals surface area contributed by atoms with Crippen LogP contribution in [0.25, 0.3) is 0 Å². The minimum Gasteiger partial charge on any atom is -0.478 e. The van der Waals surface area contributed by atoms with Crippen molar-refractivity contribution in [2.45, 2.75) is 57.8 Å². The third kappa shape index (κ3) is 4.72. The Morgan fingerprint density at radius 3 is 2.50 bits per heavy atom. The molecule has 2 amide bonds. The Morgan fingerprint density at radius 2 is 1.89 bits per heavy atom. The van der Waals surface area contributed by atoms with Gasteiger partial charge < -0.3 is 25.6 Å². The fraction of sp³-hybridized carbons (Fsp3) is 0.524. The van der Waals surface area contributed by atoms with Crippen molar-refractivity contribution in [1.82, 2.24) is 10.6 Å². The lowest BCUT2D eigenvalue weighted by atomic mass is 9.90. The molecular weight excluding hydrogens is 360 g/mol. The average molecular weight is 388 g/mol. The number of aliphatic hydroxyl groups is 1. The van der Waals surface area contributed by atoms with E-state index in [1.807, 2.05) is 6.92 Å². The van der Waals surface area contributed by atoms with Crippen LogP contribution in [0.5, 0.6) is 0 Å². The summed E-state index contributed by atoms with van der Waals surface area (Å²) in [5.41, 5.74) is 2.06. The first kappa shape index (κ1) is 20.4. The number of carboxylic acids is 1. The van der Waals surface area contributed by atoms with Gasteiger partial charge in [-0.1, -0.05) is 38.3 Å². The summed E-state index contributed by atoms with van der Waals surface area (Å²) in [5.74, 6) is -0.560. The molecule has 7 heteroatoms. The maximum absolute atomic E-state index is 12.1. The lowest BCUT2D eigenvalue weighted by Crippen LogP contribution is -2.46. The normalized spacial score (nSPS) is 21.8. The average Bonchev–Trinajstić information content (AvgIpc) is 2.72. The fourth-order valence-electron chi connectivity index (χ4n) is 3.96. The maximum Gasteiger partial charge on any atom is 0.335 e. The first-order chi connectivity index (χ1) is 13.5. The number of allylic oxidation sites excluding steroid dienone is 1. The first-order valence-electron chi connectivity index (χ1n) is 9.93. The van der Waals surface area contributed by atoms with Gasteiger partial charge in [-0.05, 0) is 42.9 Å². The molecule has 2 aliphatic rings. The lowest BCUT2D eigenvalue weighted by molar-refractivity contribution is -0.0916. The summed E-state index contributed by atoms with van der Waals surface area (Å²) in [5, 5.41) is 25.5. The summed E-state index contributed by atoms with van der Waals surface area (Å²) >= 11 is 0. The molecule has 1 aliphatic carbocycles. The number of carbonyl (C=O) groups is 2. The molecule has 28 heavy (non-hydrogen) atoms. The van der Waals surface area contributed by atoms with Gasteiger partial charge in [0.2, 0.25) is 0 Å². The van der Waals surface area contributed by atoms with Gasteiger partial charge in [-0.25, -0.2) is 9.59 Å². The van der Waals surface area contributed by atoms with E-state index in [1.165, 1.54) is 31.4 Å². The molecule has 0 bridgehead atoms. The van der Waals surface area contributed by atoms with Crippen LogP contribution in [0.15, 0.2) is 35.5 Å². The second-order valence-corrected chi connectivity index (χ2v) is 7.44. The van der Waals surface area contributed by atoms with Crippen molar-refractivity contribution >= 4 is 12.0 Å². The largest absolute Gasteiger partial charge is 0.478 e. The van der Waals surface area contributed by atoms with Crippen molar-refractivity contribution in [2.24, 2.45) is 5.92 Å². The summed E-state index contributed by atoms with van der Waals surface area (Å²) in [6.07, 6.45) is 5.27. The van der Waals surface area contributed by atoms with Gasteiger partial charge in [0.05, 0.1) is 18.2 Å². The van der Waals surface area contributed by atoms with Crippen LogP contribution in [0.3, 0.4) is 0 Å². The van der Waals surface area contributed by atoms with Crippen LogP contribution >= 0.6 is 0 Å². The van der Waals surface area contributed by atoms with Gasteiger partial charge in [-0.2, -0.15) is 0 Å². The van der Waals surface area contributed by atoms with Gasteiger partial charge in [-0.15, -0.1) is 0 Å². The van der Waals surface area contributed by atoms with Crippen molar-refractivity contribution in [3.63, 3.8) is 0 Å². The van der Waals surface area contributed by atoms with Crippen LogP contribution in [-0.2, 0) is 4.74 Å². The zero-order valence-electron chi connectivity index (χ0n) is 16.1. The number of aliphatic hydroxyl groups excluding tert-OH is 1. The number of benzene rings is 1. The number of hydrogen-bond donors (Lipinski definition) is 4. The number of rotatable bonds is 7. The van der Waals surface area contributed by atoms with Crippen LogP contribution in [0.4, 0.5) is 4.79 Å². The number of carbonyl (C=O) groups excluding carboxylic acids is 1. The van der Waals surface area contributed by atoms with E-state index in [2.05, 4.69) is 10.6 Å². The van der Waals surface area contributed by atoms with Crippen LogP contribution in [-0.4, -0.2) is 35.1 Å². The van der Waals surface area contributed by atoms with Crippen molar-refractivity contribution < 1.29 is 24.5 Å². The van der Waals surface area contributed by atoms with Gasteiger partial charge in [0.25, 0.3) is 0 Å². The Kier molecular flexibility index (Phi) is 6.70. The predicted molar refractivity (Wildman–Crippen MR) is 104 cm³/mol. The standard InChI is InChI=1S/C21H28N2O5/c1-2-16-17(20(26)28-12-13-6-4-3-5-7-13)18(23-21(27)22-16)14-8-10-15(11-9-14)19(24)25/h8-11,13,18,20,26H,2-7,12H2,1H3,(H,24,25)(H2,22,23,27). The number of carboxylic acid groups (broad SMARTS) is 1. The molecule has 2 unspecified atom stereocenters.